The van der Waals surface area contributed by atoms with E-state index in [1.807, 2.05) is 18.2 Å². The number of hydrogen-bond acceptors (Lipinski definition) is 2. The Hall–Kier alpha value is -1.35. The molecule has 1 aliphatic heterocycles. The van der Waals surface area contributed by atoms with Crippen molar-refractivity contribution >= 4 is 5.91 Å². The van der Waals surface area contributed by atoms with Crippen molar-refractivity contribution in [3.05, 3.63) is 35.4 Å². The summed E-state index contributed by atoms with van der Waals surface area (Å²) in [5, 5.41) is 6.58. The van der Waals surface area contributed by atoms with Gasteiger partial charge in [-0.15, -0.1) is 0 Å². The third-order valence-corrected chi connectivity index (χ3v) is 3.89. The van der Waals surface area contributed by atoms with Crippen LogP contribution in [0.1, 0.15) is 56.0 Å². The highest BCUT2D eigenvalue weighted by atomic mass is 16.1. The van der Waals surface area contributed by atoms with E-state index in [4.69, 9.17) is 0 Å². The minimum absolute atomic E-state index is 0.0149. The zero-order valence-corrected chi connectivity index (χ0v) is 12.8. The molecule has 110 valence electrons. The molecule has 1 aliphatic rings. The average molecular weight is 274 g/mol. The zero-order valence-electron chi connectivity index (χ0n) is 12.8. The monoisotopic (exact) mass is 274 g/mol. The Morgan fingerprint density at radius 1 is 1.20 bits per heavy atom. The van der Waals surface area contributed by atoms with Gasteiger partial charge in [-0.2, -0.15) is 0 Å². The van der Waals surface area contributed by atoms with Gasteiger partial charge >= 0.3 is 0 Å². The summed E-state index contributed by atoms with van der Waals surface area (Å²) in [6.07, 6.45) is 3.21. The predicted octanol–water partition coefficient (Wildman–Crippen LogP) is 2.86. The number of nitrogens with one attached hydrogen (secondary N) is 2. The Labute approximate surface area is 122 Å². The van der Waals surface area contributed by atoms with Crippen molar-refractivity contribution in [3.8, 4) is 0 Å². The number of carbonyl (C=O) groups excluding carboxylic acids is 1. The van der Waals surface area contributed by atoms with Gasteiger partial charge in [0.2, 0.25) is 0 Å². The Kier molecular flexibility index (Phi) is 4.81. The quantitative estimate of drug-likeness (QED) is 0.870. The number of amides is 1. The van der Waals surface area contributed by atoms with E-state index in [0.29, 0.717) is 6.04 Å². The summed E-state index contributed by atoms with van der Waals surface area (Å²) >= 11 is 0. The summed E-state index contributed by atoms with van der Waals surface area (Å²) in [5.41, 5.74) is 1.92. The first kappa shape index (κ1) is 15.0. The first-order valence-electron chi connectivity index (χ1n) is 7.59. The van der Waals surface area contributed by atoms with Crippen LogP contribution in [0.3, 0.4) is 0 Å². The molecule has 0 saturated carbocycles. The summed E-state index contributed by atoms with van der Waals surface area (Å²) < 4.78 is 0. The number of carbonyl (C=O) groups is 1. The Balaban J connectivity index is 2.13. The van der Waals surface area contributed by atoms with Crippen molar-refractivity contribution < 1.29 is 4.79 Å². The summed E-state index contributed by atoms with van der Waals surface area (Å²) in [7, 11) is 0. The maximum absolute atomic E-state index is 12.6. The number of benzene rings is 1. The van der Waals surface area contributed by atoms with Gasteiger partial charge in [-0.05, 0) is 49.4 Å². The molecule has 0 aliphatic carbocycles. The molecule has 1 saturated heterocycles. The van der Waals surface area contributed by atoms with E-state index in [9.17, 15) is 4.79 Å². The minimum Gasteiger partial charge on any atom is -0.349 e. The molecule has 1 amide bonds. The number of rotatable bonds is 2. The lowest BCUT2D eigenvalue weighted by molar-refractivity contribution is 0.0932. The van der Waals surface area contributed by atoms with Gasteiger partial charge in [-0.3, -0.25) is 4.79 Å². The van der Waals surface area contributed by atoms with Gasteiger partial charge in [-0.1, -0.05) is 39.0 Å². The number of hydrogen-bond donors (Lipinski definition) is 2. The second-order valence-electron chi connectivity index (χ2n) is 6.65. The van der Waals surface area contributed by atoms with Crippen molar-refractivity contribution in [2.75, 3.05) is 13.1 Å². The molecule has 0 spiro atoms. The lowest BCUT2D eigenvalue weighted by atomic mass is 9.83. The van der Waals surface area contributed by atoms with Crippen LogP contribution in [0.5, 0.6) is 0 Å². The van der Waals surface area contributed by atoms with E-state index in [-0.39, 0.29) is 11.3 Å². The van der Waals surface area contributed by atoms with E-state index in [1.54, 1.807) is 0 Å². The molecule has 1 atom stereocenters. The fraction of sp³-hybridized carbons (Fsp3) is 0.588. The fourth-order valence-electron chi connectivity index (χ4n) is 2.76. The molecule has 1 aromatic carbocycles. The Morgan fingerprint density at radius 2 is 1.95 bits per heavy atom. The Bertz CT molecular complexity index is 454. The topological polar surface area (TPSA) is 41.1 Å². The van der Waals surface area contributed by atoms with Crippen LogP contribution in [0.25, 0.3) is 0 Å². The summed E-state index contributed by atoms with van der Waals surface area (Å²) in [6.45, 7) is 8.49. The smallest absolute Gasteiger partial charge is 0.251 e. The van der Waals surface area contributed by atoms with Crippen LogP contribution >= 0.6 is 0 Å². The minimum atomic E-state index is -0.0149. The van der Waals surface area contributed by atoms with Gasteiger partial charge in [-0.25, -0.2) is 0 Å². The van der Waals surface area contributed by atoms with Crippen LogP contribution < -0.4 is 10.6 Å². The maximum atomic E-state index is 12.6. The highest BCUT2D eigenvalue weighted by Crippen LogP contribution is 2.25. The van der Waals surface area contributed by atoms with E-state index in [0.717, 1.165) is 43.5 Å². The fourth-order valence-corrected chi connectivity index (χ4v) is 2.76. The van der Waals surface area contributed by atoms with Crippen LogP contribution in [0.15, 0.2) is 24.3 Å². The molecular formula is C17H26N2O. The summed E-state index contributed by atoms with van der Waals surface area (Å²) in [4.78, 5) is 12.6. The van der Waals surface area contributed by atoms with Gasteiger partial charge in [0, 0.05) is 11.6 Å². The molecule has 1 unspecified atom stereocenters. The van der Waals surface area contributed by atoms with E-state index in [2.05, 4.69) is 37.5 Å². The van der Waals surface area contributed by atoms with Crippen molar-refractivity contribution in [2.24, 2.45) is 0 Å². The van der Waals surface area contributed by atoms with Gasteiger partial charge < -0.3 is 10.6 Å². The standard InChI is InChI=1S/C17H26N2O/c1-17(2,3)15-9-5-4-8-14(15)16(20)19-13-7-6-11-18-12-10-13/h4-5,8-9,13,18H,6-7,10-12H2,1-3H3,(H,19,20). The SMILES string of the molecule is CC(C)(C)c1ccccc1C(=O)NC1CCCNCC1. The lowest BCUT2D eigenvalue weighted by Crippen LogP contribution is -2.36. The van der Waals surface area contributed by atoms with Crippen LogP contribution in [-0.2, 0) is 5.41 Å². The predicted molar refractivity (Wildman–Crippen MR) is 83.1 cm³/mol. The molecular weight excluding hydrogens is 248 g/mol. The normalized spacial score (nSPS) is 20.2. The molecule has 1 aromatic rings. The molecule has 2 rings (SSSR count). The summed E-state index contributed by atoms with van der Waals surface area (Å²) in [5.74, 6) is 0.0717. The molecule has 0 radical (unpaired) electrons. The first-order chi connectivity index (χ1) is 9.48. The van der Waals surface area contributed by atoms with Gasteiger partial charge in [0.1, 0.15) is 0 Å². The largest absolute Gasteiger partial charge is 0.349 e. The van der Waals surface area contributed by atoms with Gasteiger partial charge in [0.05, 0.1) is 0 Å². The van der Waals surface area contributed by atoms with Gasteiger partial charge in [0.25, 0.3) is 5.91 Å². The first-order valence-corrected chi connectivity index (χ1v) is 7.59. The average Bonchev–Trinajstić information content (AvgIpc) is 2.66. The van der Waals surface area contributed by atoms with Crippen LogP contribution in [0.4, 0.5) is 0 Å². The molecule has 1 fully saturated rings. The van der Waals surface area contributed by atoms with E-state index in [1.165, 1.54) is 0 Å². The second-order valence-corrected chi connectivity index (χ2v) is 6.65. The van der Waals surface area contributed by atoms with Crippen LogP contribution in [-0.4, -0.2) is 25.0 Å². The molecule has 3 heteroatoms. The van der Waals surface area contributed by atoms with Gasteiger partial charge in [0.15, 0.2) is 0 Å². The van der Waals surface area contributed by atoms with Crippen LogP contribution in [0, 0.1) is 0 Å². The van der Waals surface area contributed by atoms with Crippen molar-refractivity contribution in [2.45, 2.75) is 51.5 Å². The van der Waals surface area contributed by atoms with E-state index < -0.39 is 0 Å². The summed E-state index contributed by atoms with van der Waals surface area (Å²) in [6, 6.07) is 8.24. The zero-order chi connectivity index (χ0) is 14.6. The third kappa shape index (κ3) is 3.83. The molecule has 20 heavy (non-hydrogen) atoms. The maximum Gasteiger partial charge on any atom is 0.251 e. The lowest BCUT2D eigenvalue weighted by Gasteiger charge is -2.24. The van der Waals surface area contributed by atoms with E-state index >= 15 is 0 Å². The highest BCUT2D eigenvalue weighted by Gasteiger charge is 2.22. The molecule has 0 aromatic heterocycles. The highest BCUT2D eigenvalue weighted by molar-refractivity contribution is 5.96. The van der Waals surface area contributed by atoms with Crippen LogP contribution in [0.2, 0.25) is 0 Å². The second kappa shape index (κ2) is 6.40. The van der Waals surface area contributed by atoms with Crippen molar-refractivity contribution in [3.63, 3.8) is 0 Å². The molecule has 1 heterocycles. The van der Waals surface area contributed by atoms with Crippen molar-refractivity contribution in [1.82, 2.24) is 10.6 Å². The molecule has 2 N–H and O–H groups in total. The third-order valence-electron chi connectivity index (χ3n) is 3.89. The Morgan fingerprint density at radius 3 is 2.70 bits per heavy atom. The molecule has 3 nitrogen and oxygen atoms in total. The van der Waals surface area contributed by atoms with Crippen molar-refractivity contribution in [1.29, 1.82) is 0 Å². The molecule has 0 bridgehead atoms.